The first-order valence-corrected chi connectivity index (χ1v) is 37.3. The lowest BCUT2D eigenvalue weighted by Crippen LogP contribution is -2.64. The summed E-state index contributed by atoms with van der Waals surface area (Å²) in [7, 11) is 4.60. The van der Waals surface area contributed by atoms with E-state index in [-0.39, 0.29) is 104 Å². The fourth-order valence-corrected chi connectivity index (χ4v) is 11.5. The smallest absolute Gasteiger partial charge is 0.329 e. The number of aliphatic hydroxyl groups is 3. The van der Waals surface area contributed by atoms with Crippen molar-refractivity contribution in [1.29, 1.82) is 0 Å². The number of allylic oxidation sites excluding steroid dienone is 5. The third kappa shape index (κ3) is 47.9. The lowest BCUT2D eigenvalue weighted by Gasteiger charge is -2.47. The molecule has 702 valence electrons. The molecule has 0 unspecified atom stereocenters. The molecule has 0 aromatic heterocycles. The summed E-state index contributed by atoms with van der Waals surface area (Å²) in [5.41, 5.74) is 2.94. The number of fused-ring (bicyclic) bond motifs is 3. The summed E-state index contributed by atoms with van der Waals surface area (Å²) in [4.78, 5) is 77.3. The van der Waals surface area contributed by atoms with Gasteiger partial charge in [-0.3, -0.25) is 14.4 Å². The second-order valence-electron chi connectivity index (χ2n) is 25.6. The minimum absolute atomic E-state index is 0. The Hall–Kier alpha value is -13.8. The van der Waals surface area contributed by atoms with Crippen LogP contribution in [0.2, 0.25) is 0 Å². The molecule has 124 heavy (non-hydrogen) atoms. The van der Waals surface area contributed by atoms with Crippen molar-refractivity contribution in [2.75, 3.05) is 27.9 Å². The minimum atomic E-state index is -2.53. The number of Topliss-reactive ketones (excluding diaryl/α,β-unsaturated/α-hetero) is 3. The van der Waals surface area contributed by atoms with Gasteiger partial charge in [-0.05, 0) is 268 Å². The number of ether oxygens (including phenoxy) is 5. The molecule has 0 radical (unpaired) electrons. The number of cyclic esters (lactones) is 1. The van der Waals surface area contributed by atoms with Crippen molar-refractivity contribution >= 4 is 29.2 Å². The molecule has 4 aliphatic rings. The Morgan fingerprint density at radius 1 is 0.532 bits per heavy atom. The number of piperidine rings is 1. The standard InChI is InChI=1S/C48H75NO13.C48H6.H3NO13.34H2/c1-28-21-29(2)23-41(59-8)44-42(60-9)25-31(4)48(57,62-44)45(54)46(55)49-20-14-13-17-36(49)47(56)61-43(30(3)24-34-18-19-37(51)40(26-34)58-7)33(6)38(52)27-39(53)35(22-28)16-12-10-11-15-32(5)50;1-3-5-7-9-11-13-15-17-19-21-23-25-27-29-31-33-35-37-39-41-43-45-47-48-46-44-42-40-38-36-34-32-30-28-26-24-22-20-18-16-14-12-10-8-6-4-2;2-6-10-12-8-4-1-5-9-13-14-11-7-3;;;;;;;;;;;;;;;;;;;;;;;;;;;;;;;;;;/h10,12,22,24,29,31,33-38,40-44,51-52,57H,11,13-21,23,25-27H2,1-9H3;1-2H3;1-3H;34*1H/b12-10+,28-22+,30-24+;;;;;;;;;;;;;;;;;;;;;;;;;;;;;;;;;;;;/t29-,31+,33+,34-,35+,36-,37+,38-,40+,41-,42-,43+,44+,48+;;;;;;;;;;;;;;;;;;;;;;;;;;;;;;;;;;;;/m0..................................../s1. The molecule has 0 aromatic carbocycles. The number of nitrogens with one attached hydrogen (secondary N) is 1. The van der Waals surface area contributed by atoms with Crippen molar-refractivity contribution < 1.29 is 177 Å². The summed E-state index contributed by atoms with van der Waals surface area (Å²) in [6, 6.07) is -1.16. The van der Waals surface area contributed by atoms with Crippen LogP contribution in [0.1, 0.15) is 187 Å². The van der Waals surface area contributed by atoms with E-state index >= 15 is 0 Å². The first-order valence-electron chi connectivity index (χ1n) is 37.3. The van der Waals surface area contributed by atoms with Crippen molar-refractivity contribution in [3.8, 4) is 272 Å². The van der Waals surface area contributed by atoms with E-state index in [1.54, 1.807) is 41.7 Å². The van der Waals surface area contributed by atoms with Crippen LogP contribution in [-0.2, 0) is 103 Å². The van der Waals surface area contributed by atoms with Gasteiger partial charge < -0.3 is 48.7 Å². The number of esters is 1. The topological polar surface area (TPSA) is 349 Å². The first-order chi connectivity index (χ1) is 60.2. The van der Waals surface area contributed by atoms with E-state index in [1.165, 1.54) is 31.7 Å². The van der Waals surface area contributed by atoms with Gasteiger partial charge in [0.25, 0.3) is 11.7 Å². The Kier molecular flexibility index (Phi) is 59.1. The Morgan fingerprint density at radius 3 is 1.35 bits per heavy atom. The lowest BCUT2D eigenvalue weighted by molar-refractivity contribution is -0.808. The molecule has 1 saturated carbocycles. The number of methoxy groups -OCH3 is 3. The maximum Gasteiger partial charge on any atom is 0.329 e. The molecule has 2 saturated heterocycles. The van der Waals surface area contributed by atoms with Crippen LogP contribution in [0.4, 0.5) is 0 Å². The van der Waals surface area contributed by atoms with Crippen molar-refractivity contribution in [2.45, 2.75) is 193 Å². The molecule has 0 spiro atoms. The van der Waals surface area contributed by atoms with Crippen molar-refractivity contribution in [3.05, 3.63) is 35.5 Å². The zero-order chi connectivity index (χ0) is 90.9. The van der Waals surface area contributed by atoms with E-state index in [0.717, 1.165) is 5.57 Å². The van der Waals surface area contributed by atoms with E-state index in [4.69, 9.17) is 34.2 Å². The van der Waals surface area contributed by atoms with Gasteiger partial charge >= 0.3 is 5.97 Å². The molecule has 6 N–H and O–H groups in total. The highest BCUT2D eigenvalue weighted by Crippen LogP contribution is 2.39. The normalized spacial score (nSPS) is 22.1. The van der Waals surface area contributed by atoms with E-state index in [1.807, 2.05) is 38.2 Å². The highest BCUT2D eigenvalue weighted by molar-refractivity contribution is 6.39. The molecule has 28 nitrogen and oxygen atoms in total. The fraction of sp³-hybridized carbons (Fsp3) is 0.406. The van der Waals surface area contributed by atoms with Gasteiger partial charge in [-0.1, -0.05) is 72.5 Å². The number of aliphatic hydroxyl groups excluding tert-OH is 2. The van der Waals surface area contributed by atoms with E-state index in [9.17, 15) is 39.3 Å². The van der Waals surface area contributed by atoms with Crippen LogP contribution < -0.4 is 5.64 Å². The fourth-order valence-electron chi connectivity index (χ4n) is 11.5. The maximum absolute atomic E-state index is 14.4. The van der Waals surface area contributed by atoms with Crippen molar-refractivity contribution in [3.63, 3.8) is 0 Å². The predicted octanol–water partition coefficient (Wildman–Crippen LogP) is 13.6. The van der Waals surface area contributed by atoms with Gasteiger partial charge in [0.1, 0.15) is 29.8 Å². The molecule has 3 aliphatic heterocycles. The summed E-state index contributed by atoms with van der Waals surface area (Å²) >= 11 is 0. The number of ketones is 3. The maximum atomic E-state index is 14.4. The predicted molar refractivity (Wildman–Crippen MR) is 514 cm³/mol. The number of rotatable bonds is 21. The minimum Gasteiger partial charge on any atom is -0.456 e. The third-order valence-electron chi connectivity index (χ3n) is 16.9. The van der Waals surface area contributed by atoms with E-state index < -0.39 is 83.9 Å². The number of carbonyl (C=O) groups is 5. The largest absolute Gasteiger partial charge is 0.456 e. The summed E-state index contributed by atoms with van der Waals surface area (Å²) in [6.45, 7) is 14.1. The van der Waals surface area contributed by atoms with Crippen LogP contribution in [0.5, 0.6) is 0 Å². The third-order valence-corrected chi connectivity index (χ3v) is 16.9. The number of carbonyl (C=O) groups excluding carboxylic acids is 5. The number of hydrogen-bond donors (Lipinski definition) is 6. The molecule has 4 rings (SSSR count). The Labute approximate surface area is 774 Å². The quantitative estimate of drug-likeness (QED) is 0.0118. The van der Waals surface area contributed by atoms with E-state index in [2.05, 4.69) is 328 Å². The molecule has 28 heteroatoms. The van der Waals surface area contributed by atoms with E-state index in [0.29, 0.717) is 69.8 Å². The second-order valence-corrected chi connectivity index (χ2v) is 25.6. The highest BCUT2D eigenvalue weighted by atomic mass is 17.9. The van der Waals surface area contributed by atoms with Crippen molar-refractivity contribution in [2.24, 2.45) is 29.6 Å². The van der Waals surface area contributed by atoms with Gasteiger partial charge in [0.15, 0.2) is 0 Å². The Morgan fingerprint density at radius 2 is 0.944 bits per heavy atom. The van der Waals surface area contributed by atoms with Gasteiger partial charge in [-0.15, -0.1) is 0 Å². The zero-order valence-electron chi connectivity index (χ0n) is 69.5. The van der Waals surface area contributed by atoms with Crippen LogP contribution in [0, 0.1) is 302 Å². The molecule has 2 bridgehead atoms. The van der Waals surface area contributed by atoms with Crippen molar-refractivity contribution in [1.82, 2.24) is 10.5 Å². The monoisotopic (exact) mass is 1750 g/mol. The van der Waals surface area contributed by atoms with Crippen LogP contribution in [-0.4, -0.2) is 142 Å². The molecule has 14 atom stereocenters. The van der Waals surface area contributed by atoms with Crippen LogP contribution in [0.15, 0.2) is 35.5 Å². The molecular weight excluding hydrogens is 1600 g/mol. The summed E-state index contributed by atoms with van der Waals surface area (Å²) in [6.07, 6.45) is 7.60. The molecule has 1 aliphatic carbocycles. The second kappa shape index (κ2) is 68.9. The average molecular weight is 1750 g/mol. The highest BCUT2D eigenvalue weighted by Gasteiger charge is 2.57. The first kappa shape index (κ1) is 106. The molecule has 1 amide bonds. The number of nitrogens with zero attached hydrogens (tertiary/aromatic N) is 1. The lowest BCUT2D eigenvalue weighted by atomic mass is 9.81. The van der Waals surface area contributed by atoms with Crippen LogP contribution >= 0.6 is 0 Å². The summed E-state index contributed by atoms with van der Waals surface area (Å²) < 4.78 is 29.9. The molecule has 3 fully saturated rings. The van der Waals surface area contributed by atoms with Gasteiger partial charge in [0, 0.05) is 273 Å². The number of amides is 1. The molecule has 0 aromatic rings. The molecular formula is C96H152N2O26. The SMILES string of the molecule is CC#CC#CC#CC#CC#CC#CC#CC#CC#CC#CC#CC#CC#CC#CC#CC#CC#CC#CC#CC#CC#CC#CC#CC.CO[C@H]1C[C@@H](C)C/C(C)=C/[C@@H](C/C=C/CCC(C)=O)C(=O)C[C@H](O)[C@@H](C)[C@@H](/C(C)=C/[C@@H]2CC[C@@H](O)[C@H](OC)C2)OC(=O)[C@@H]2CCCCN2C(=O)C(=O)[C@]2(O)O[C@H]1[C@@H](OC)C[C@H]2C.OOOOOONOOOOOOO.[HH].[HH].[HH].[HH].[HH].[HH].[HH].[HH].[HH].[HH].[HH].[HH].[HH].[HH].[HH].[HH].[HH].[HH].[HH].[HH].[HH].[HH].[HH].[HH].[HH].[HH].[HH].[HH].[HH].[HH].[HH].[HH].[HH].[HH]. The van der Waals surface area contributed by atoms with Crippen LogP contribution in [0.3, 0.4) is 0 Å². The average Bonchev–Trinajstić information content (AvgIpc) is 0.775. The Balaban J connectivity index is -0.0000000482. The molecule has 3 heterocycles. The summed E-state index contributed by atoms with van der Waals surface area (Å²) in [5, 5.41) is 78.8. The Bertz CT molecular complexity index is 5300. The van der Waals surface area contributed by atoms with Crippen LogP contribution in [0.25, 0.3) is 0 Å². The van der Waals surface area contributed by atoms with Gasteiger partial charge in [-0.25, -0.2) is 15.3 Å². The summed E-state index contributed by atoms with van der Waals surface area (Å²) in [5.74, 6) is 108. The zero-order valence-corrected chi connectivity index (χ0v) is 69.5. The number of hydrogen-bond acceptors (Lipinski definition) is 27. The van der Waals surface area contributed by atoms with Gasteiger partial charge in [-0.2, -0.15) is 0 Å². The van der Waals surface area contributed by atoms with Gasteiger partial charge in [0.2, 0.25) is 5.79 Å². The van der Waals surface area contributed by atoms with Gasteiger partial charge in [0.05, 0.1) is 30.5 Å².